The Labute approximate surface area is 129 Å². The van der Waals surface area contributed by atoms with E-state index in [-0.39, 0.29) is 21.4 Å². The molecule has 0 bridgehead atoms. The van der Waals surface area contributed by atoms with E-state index in [2.05, 4.69) is 4.98 Å². The van der Waals surface area contributed by atoms with Crippen molar-refractivity contribution < 1.29 is 13.3 Å². The van der Waals surface area contributed by atoms with Crippen molar-refractivity contribution in [2.45, 2.75) is 17.7 Å². The van der Waals surface area contributed by atoms with Crippen LogP contribution in [0.2, 0.25) is 0 Å². The third-order valence-electron chi connectivity index (χ3n) is 2.79. The molecule has 0 amide bonds. The highest BCUT2D eigenvalue weighted by atomic mass is 32.2. The lowest BCUT2D eigenvalue weighted by atomic mass is 10.4. The van der Waals surface area contributed by atoms with Crippen LogP contribution in [0.5, 0.6) is 0 Å². The van der Waals surface area contributed by atoms with Crippen LogP contribution < -0.4 is 5.73 Å². The fourth-order valence-corrected chi connectivity index (χ4v) is 5.04. The summed E-state index contributed by atoms with van der Waals surface area (Å²) < 4.78 is 25.8. The van der Waals surface area contributed by atoms with Gasteiger partial charge in [-0.1, -0.05) is 11.3 Å². The normalized spacial score (nSPS) is 12.0. The molecule has 0 aliphatic carbocycles. The molecule has 0 aliphatic rings. The van der Waals surface area contributed by atoms with Crippen molar-refractivity contribution in [2.75, 3.05) is 12.8 Å². The standard InChI is InChI=1S/C10H12N4O4S3/c1-6-8(19-5-12-6)4-13(2)21(17,18)9-3-7(14(15)16)10(11)20-9/h3,5H,4,11H2,1-2H3. The Hall–Kier alpha value is -1.56. The second-order valence-electron chi connectivity index (χ2n) is 4.19. The Morgan fingerprint density at radius 2 is 2.19 bits per heavy atom. The number of nitrogen functional groups attached to an aromatic ring is 1. The van der Waals surface area contributed by atoms with E-state index >= 15 is 0 Å². The molecule has 11 heteroatoms. The average molecular weight is 348 g/mol. The van der Waals surface area contributed by atoms with Gasteiger partial charge >= 0.3 is 5.69 Å². The number of nitrogens with zero attached hydrogens (tertiary/aromatic N) is 3. The van der Waals surface area contributed by atoms with Gasteiger partial charge in [0.05, 0.1) is 16.1 Å². The zero-order chi connectivity index (χ0) is 15.8. The first-order valence-corrected chi connectivity index (χ1v) is 8.76. The largest absolute Gasteiger partial charge is 0.385 e. The van der Waals surface area contributed by atoms with E-state index in [4.69, 9.17) is 5.73 Å². The van der Waals surface area contributed by atoms with Crippen molar-refractivity contribution in [2.24, 2.45) is 0 Å². The highest BCUT2D eigenvalue weighted by Crippen LogP contribution is 2.36. The van der Waals surface area contributed by atoms with E-state index in [0.717, 1.165) is 20.9 Å². The van der Waals surface area contributed by atoms with Crippen LogP contribution in [0.25, 0.3) is 0 Å². The molecule has 2 heterocycles. The Morgan fingerprint density at radius 3 is 2.67 bits per heavy atom. The van der Waals surface area contributed by atoms with E-state index < -0.39 is 14.9 Å². The van der Waals surface area contributed by atoms with Crippen LogP contribution >= 0.6 is 22.7 Å². The summed E-state index contributed by atoms with van der Waals surface area (Å²) in [5.74, 6) is 0. The number of hydrogen-bond acceptors (Lipinski definition) is 8. The molecule has 0 saturated carbocycles. The highest BCUT2D eigenvalue weighted by Gasteiger charge is 2.28. The van der Waals surface area contributed by atoms with Crippen molar-refractivity contribution in [1.82, 2.24) is 9.29 Å². The summed E-state index contributed by atoms with van der Waals surface area (Å²) >= 11 is 2.04. The van der Waals surface area contributed by atoms with E-state index in [9.17, 15) is 18.5 Å². The number of aromatic nitrogens is 1. The van der Waals surface area contributed by atoms with Crippen LogP contribution in [0.3, 0.4) is 0 Å². The van der Waals surface area contributed by atoms with Crippen LogP contribution in [0, 0.1) is 17.0 Å². The first kappa shape index (κ1) is 15.8. The summed E-state index contributed by atoms with van der Waals surface area (Å²) in [5.41, 5.74) is 7.50. The molecule has 0 aromatic carbocycles. The molecule has 0 radical (unpaired) electrons. The van der Waals surface area contributed by atoms with Gasteiger partial charge < -0.3 is 5.73 Å². The monoisotopic (exact) mass is 348 g/mol. The number of nitro groups is 1. The van der Waals surface area contributed by atoms with Crippen LogP contribution in [0.15, 0.2) is 15.8 Å². The lowest BCUT2D eigenvalue weighted by molar-refractivity contribution is -0.383. The number of rotatable bonds is 5. The maximum Gasteiger partial charge on any atom is 0.304 e. The van der Waals surface area contributed by atoms with Crippen LogP contribution in [-0.2, 0) is 16.6 Å². The second-order valence-corrected chi connectivity index (χ2v) is 8.49. The van der Waals surface area contributed by atoms with Gasteiger partial charge in [0.15, 0.2) is 5.00 Å². The molecule has 2 rings (SSSR count). The van der Waals surface area contributed by atoms with E-state index in [0.29, 0.717) is 11.3 Å². The molecule has 2 aromatic heterocycles. The molecule has 2 aromatic rings. The van der Waals surface area contributed by atoms with Crippen LogP contribution in [0.4, 0.5) is 10.7 Å². The minimum atomic E-state index is -3.82. The van der Waals surface area contributed by atoms with Crippen molar-refractivity contribution >= 4 is 43.4 Å². The predicted molar refractivity (Wildman–Crippen MR) is 80.9 cm³/mol. The SMILES string of the molecule is Cc1ncsc1CN(C)S(=O)(=O)c1cc([N+](=O)[O-])c(N)s1. The smallest absolute Gasteiger partial charge is 0.304 e. The molecule has 0 unspecified atom stereocenters. The summed E-state index contributed by atoms with van der Waals surface area (Å²) in [6, 6.07) is 0.991. The lowest BCUT2D eigenvalue weighted by Crippen LogP contribution is -2.25. The van der Waals surface area contributed by atoms with Gasteiger partial charge in [0, 0.05) is 24.5 Å². The zero-order valence-corrected chi connectivity index (χ0v) is 13.6. The van der Waals surface area contributed by atoms with Crippen molar-refractivity contribution in [3.63, 3.8) is 0 Å². The van der Waals surface area contributed by atoms with E-state index in [1.54, 1.807) is 12.4 Å². The summed E-state index contributed by atoms with van der Waals surface area (Å²) in [6.07, 6.45) is 0. The van der Waals surface area contributed by atoms with Gasteiger partial charge in [-0.3, -0.25) is 10.1 Å². The molecule has 2 N–H and O–H groups in total. The molecule has 114 valence electrons. The van der Waals surface area contributed by atoms with Crippen molar-refractivity contribution in [3.05, 3.63) is 32.3 Å². The number of sulfonamides is 1. The molecule has 21 heavy (non-hydrogen) atoms. The summed E-state index contributed by atoms with van der Waals surface area (Å²) in [6.45, 7) is 1.95. The second kappa shape index (κ2) is 5.67. The maximum absolute atomic E-state index is 12.4. The Morgan fingerprint density at radius 1 is 1.52 bits per heavy atom. The van der Waals surface area contributed by atoms with Gasteiger partial charge in [-0.15, -0.1) is 11.3 Å². The van der Waals surface area contributed by atoms with Gasteiger partial charge in [0.2, 0.25) is 0 Å². The first-order valence-electron chi connectivity index (χ1n) is 5.62. The van der Waals surface area contributed by atoms with Gasteiger partial charge in [-0.25, -0.2) is 13.4 Å². The van der Waals surface area contributed by atoms with Gasteiger partial charge in [-0.05, 0) is 6.92 Å². The van der Waals surface area contributed by atoms with Gasteiger partial charge in [0.25, 0.3) is 10.0 Å². The number of anilines is 1. The van der Waals surface area contributed by atoms with E-state index in [1.807, 2.05) is 0 Å². The quantitative estimate of drug-likeness (QED) is 0.650. The summed E-state index contributed by atoms with van der Waals surface area (Å²) in [5, 5.41) is 10.6. The number of thiophene rings is 1. The number of nitrogens with two attached hydrogens (primary N) is 1. The molecular formula is C10H12N4O4S3. The molecule has 0 aliphatic heterocycles. The highest BCUT2D eigenvalue weighted by molar-refractivity contribution is 7.91. The minimum absolute atomic E-state index is 0.124. The molecule has 0 fully saturated rings. The van der Waals surface area contributed by atoms with Gasteiger partial charge in [-0.2, -0.15) is 4.31 Å². The molecule has 0 saturated heterocycles. The first-order chi connectivity index (χ1) is 9.73. The fourth-order valence-electron chi connectivity index (χ4n) is 1.56. The summed E-state index contributed by atoms with van der Waals surface area (Å²) in [4.78, 5) is 14.9. The maximum atomic E-state index is 12.4. The summed E-state index contributed by atoms with van der Waals surface area (Å²) in [7, 11) is -2.41. The Bertz CT molecular complexity index is 780. The number of hydrogen-bond donors (Lipinski definition) is 1. The van der Waals surface area contributed by atoms with Crippen LogP contribution in [0.1, 0.15) is 10.6 Å². The Kier molecular flexibility index (Phi) is 4.27. The van der Waals surface area contributed by atoms with Crippen molar-refractivity contribution in [1.29, 1.82) is 0 Å². The predicted octanol–water partition coefficient (Wildman–Crippen LogP) is 1.82. The number of aryl methyl sites for hydroxylation is 1. The zero-order valence-electron chi connectivity index (χ0n) is 11.1. The lowest BCUT2D eigenvalue weighted by Gasteiger charge is -2.14. The third-order valence-corrected chi connectivity index (χ3v) is 6.92. The molecule has 0 spiro atoms. The Balaban J connectivity index is 2.31. The van der Waals surface area contributed by atoms with Gasteiger partial charge in [0.1, 0.15) is 4.21 Å². The van der Waals surface area contributed by atoms with E-state index in [1.165, 1.54) is 18.4 Å². The third kappa shape index (κ3) is 3.05. The fraction of sp³-hybridized carbons (Fsp3) is 0.300. The minimum Gasteiger partial charge on any atom is -0.385 e. The van der Waals surface area contributed by atoms with Crippen LogP contribution in [-0.4, -0.2) is 29.7 Å². The topological polar surface area (TPSA) is 119 Å². The average Bonchev–Trinajstić information content (AvgIpc) is 2.96. The molecule has 8 nitrogen and oxygen atoms in total. The molecular weight excluding hydrogens is 336 g/mol. The molecule has 0 atom stereocenters. The number of thiazole rings is 1. The van der Waals surface area contributed by atoms with Crippen molar-refractivity contribution in [3.8, 4) is 0 Å².